The highest BCUT2D eigenvalue weighted by molar-refractivity contribution is 5.73. The maximum Gasteiger partial charge on any atom is 0.275 e. The standard InChI is InChI=1S/C14H15N3O/c18-14-13-11(3-4-15-13)16-12(17-14)7-10-6-8-1-2-9(10)5-8/h3-4,8,15H,1-2,5-7H2,(H,16,17,18). The second kappa shape index (κ2) is 3.57. The van der Waals surface area contributed by atoms with E-state index in [1.807, 2.05) is 6.07 Å². The molecule has 1 fully saturated rings. The molecule has 1 atom stereocenters. The van der Waals surface area contributed by atoms with Gasteiger partial charge in [0.25, 0.3) is 5.56 Å². The summed E-state index contributed by atoms with van der Waals surface area (Å²) in [5.41, 5.74) is 4.42. The Hall–Kier alpha value is -1.84. The molecule has 0 saturated heterocycles. The van der Waals surface area contributed by atoms with Crippen LogP contribution < -0.4 is 5.56 Å². The third-order valence-corrected chi connectivity index (χ3v) is 4.27. The molecule has 2 bridgehead atoms. The third kappa shape index (κ3) is 1.45. The number of hydrogen-bond donors (Lipinski definition) is 2. The molecule has 4 rings (SSSR count). The molecule has 4 heteroatoms. The van der Waals surface area contributed by atoms with Gasteiger partial charge in [0.2, 0.25) is 0 Å². The molecule has 2 heterocycles. The van der Waals surface area contributed by atoms with Gasteiger partial charge in [-0.05, 0) is 37.7 Å². The van der Waals surface area contributed by atoms with Crippen molar-refractivity contribution < 1.29 is 0 Å². The van der Waals surface area contributed by atoms with Crippen LogP contribution in [0.2, 0.25) is 0 Å². The molecular formula is C14H15N3O. The predicted molar refractivity (Wildman–Crippen MR) is 69.4 cm³/mol. The van der Waals surface area contributed by atoms with E-state index in [0.29, 0.717) is 5.52 Å². The van der Waals surface area contributed by atoms with Crippen molar-refractivity contribution in [2.24, 2.45) is 5.92 Å². The molecule has 0 spiro atoms. The van der Waals surface area contributed by atoms with Gasteiger partial charge in [0.15, 0.2) is 0 Å². The number of nitrogens with zero attached hydrogens (tertiary/aromatic N) is 1. The molecule has 0 radical (unpaired) electrons. The first kappa shape index (κ1) is 10.1. The largest absolute Gasteiger partial charge is 0.355 e. The highest BCUT2D eigenvalue weighted by atomic mass is 16.1. The lowest BCUT2D eigenvalue weighted by Crippen LogP contribution is -2.12. The average molecular weight is 241 g/mol. The van der Waals surface area contributed by atoms with Gasteiger partial charge >= 0.3 is 0 Å². The Balaban J connectivity index is 1.73. The van der Waals surface area contributed by atoms with Crippen molar-refractivity contribution in [2.75, 3.05) is 0 Å². The fourth-order valence-electron chi connectivity index (χ4n) is 3.41. The molecule has 2 N–H and O–H groups in total. The van der Waals surface area contributed by atoms with Crippen molar-refractivity contribution in [3.63, 3.8) is 0 Å². The molecule has 1 unspecified atom stereocenters. The topological polar surface area (TPSA) is 61.5 Å². The van der Waals surface area contributed by atoms with Crippen molar-refractivity contribution >= 4 is 11.0 Å². The zero-order valence-electron chi connectivity index (χ0n) is 10.1. The van der Waals surface area contributed by atoms with Crippen LogP contribution in [0.5, 0.6) is 0 Å². The molecule has 0 aliphatic heterocycles. The summed E-state index contributed by atoms with van der Waals surface area (Å²) in [6.07, 6.45) is 7.70. The summed E-state index contributed by atoms with van der Waals surface area (Å²) < 4.78 is 0. The minimum Gasteiger partial charge on any atom is -0.355 e. The van der Waals surface area contributed by atoms with Gasteiger partial charge in [0, 0.05) is 12.6 Å². The molecule has 4 nitrogen and oxygen atoms in total. The Morgan fingerprint density at radius 2 is 2.33 bits per heavy atom. The van der Waals surface area contributed by atoms with Crippen LogP contribution in [-0.4, -0.2) is 15.0 Å². The quantitative estimate of drug-likeness (QED) is 0.792. The number of rotatable bonds is 2. The lowest BCUT2D eigenvalue weighted by Gasteiger charge is -2.11. The normalized spacial score (nSPS) is 22.3. The molecule has 1 saturated carbocycles. The molecule has 2 aliphatic carbocycles. The number of fused-ring (bicyclic) bond motifs is 3. The van der Waals surface area contributed by atoms with Crippen molar-refractivity contribution in [3.8, 4) is 0 Å². The van der Waals surface area contributed by atoms with E-state index >= 15 is 0 Å². The molecule has 92 valence electrons. The number of nitrogens with one attached hydrogen (secondary N) is 2. The van der Waals surface area contributed by atoms with Gasteiger partial charge in [-0.2, -0.15) is 0 Å². The molecular weight excluding hydrogens is 226 g/mol. The van der Waals surface area contributed by atoms with E-state index in [4.69, 9.17) is 0 Å². The van der Waals surface area contributed by atoms with Gasteiger partial charge in [-0.15, -0.1) is 0 Å². The third-order valence-electron chi connectivity index (χ3n) is 4.27. The van der Waals surface area contributed by atoms with Crippen LogP contribution >= 0.6 is 0 Å². The number of allylic oxidation sites excluding steroid dienone is 2. The van der Waals surface area contributed by atoms with Crippen LogP contribution in [0.1, 0.15) is 31.5 Å². The number of hydrogen-bond acceptors (Lipinski definition) is 2. The van der Waals surface area contributed by atoms with E-state index in [1.54, 1.807) is 11.8 Å². The summed E-state index contributed by atoms with van der Waals surface area (Å²) in [7, 11) is 0. The SMILES string of the molecule is O=c1[nH]c(CC2=C3CCC(C3)C2)nc2cc[nH]c12. The lowest BCUT2D eigenvalue weighted by atomic mass is 9.97. The maximum atomic E-state index is 11.9. The summed E-state index contributed by atoms with van der Waals surface area (Å²) >= 11 is 0. The molecule has 2 aromatic heterocycles. The van der Waals surface area contributed by atoms with E-state index in [0.717, 1.165) is 23.7 Å². The van der Waals surface area contributed by atoms with Gasteiger partial charge < -0.3 is 9.97 Å². The molecule has 2 aliphatic rings. The van der Waals surface area contributed by atoms with Crippen LogP contribution in [-0.2, 0) is 6.42 Å². The van der Waals surface area contributed by atoms with Crippen molar-refractivity contribution in [2.45, 2.75) is 32.1 Å². The summed E-state index contributed by atoms with van der Waals surface area (Å²) in [6.45, 7) is 0. The second-order valence-electron chi connectivity index (χ2n) is 5.45. The lowest BCUT2D eigenvalue weighted by molar-refractivity contribution is 0.557. The number of aromatic nitrogens is 3. The zero-order valence-corrected chi connectivity index (χ0v) is 10.1. The summed E-state index contributed by atoms with van der Waals surface area (Å²) in [6, 6.07) is 1.85. The first-order valence-corrected chi connectivity index (χ1v) is 6.55. The number of H-pyrrole nitrogens is 2. The van der Waals surface area contributed by atoms with Gasteiger partial charge in [0.05, 0.1) is 5.52 Å². The van der Waals surface area contributed by atoms with Crippen molar-refractivity contribution in [3.05, 3.63) is 39.6 Å². The highest BCUT2D eigenvalue weighted by Crippen LogP contribution is 2.44. The monoisotopic (exact) mass is 241 g/mol. The van der Waals surface area contributed by atoms with Crippen LogP contribution in [0.15, 0.2) is 28.2 Å². The summed E-state index contributed by atoms with van der Waals surface area (Å²) in [5.74, 6) is 1.68. The Bertz CT molecular complexity index is 707. The number of aromatic amines is 2. The van der Waals surface area contributed by atoms with Crippen LogP contribution in [0.3, 0.4) is 0 Å². The minimum absolute atomic E-state index is 0.0613. The Labute approximate surface area is 104 Å². The van der Waals surface area contributed by atoms with Crippen LogP contribution in [0.25, 0.3) is 11.0 Å². The molecule has 2 aromatic rings. The smallest absolute Gasteiger partial charge is 0.275 e. The van der Waals surface area contributed by atoms with E-state index in [2.05, 4.69) is 15.0 Å². The zero-order chi connectivity index (χ0) is 12.1. The van der Waals surface area contributed by atoms with E-state index in [-0.39, 0.29) is 5.56 Å². The predicted octanol–water partition coefficient (Wildman–Crippen LogP) is 2.29. The Kier molecular flexibility index (Phi) is 2.01. The fraction of sp³-hybridized carbons (Fsp3) is 0.429. The van der Waals surface area contributed by atoms with E-state index in [9.17, 15) is 4.79 Å². The van der Waals surface area contributed by atoms with Crippen molar-refractivity contribution in [1.82, 2.24) is 15.0 Å². The van der Waals surface area contributed by atoms with Gasteiger partial charge in [0.1, 0.15) is 11.3 Å². The molecule has 0 aromatic carbocycles. The Morgan fingerprint density at radius 1 is 1.39 bits per heavy atom. The summed E-state index contributed by atoms with van der Waals surface area (Å²) in [4.78, 5) is 22.2. The average Bonchev–Trinajstić information content (AvgIpc) is 3.02. The van der Waals surface area contributed by atoms with Crippen molar-refractivity contribution in [1.29, 1.82) is 0 Å². The Morgan fingerprint density at radius 3 is 3.11 bits per heavy atom. The first-order valence-electron chi connectivity index (χ1n) is 6.55. The minimum atomic E-state index is -0.0613. The van der Waals surface area contributed by atoms with Gasteiger partial charge in [-0.1, -0.05) is 11.1 Å². The molecule has 18 heavy (non-hydrogen) atoms. The van der Waals surface area contributed by atoms with Crippen LogP contribution in [0, 0.1) is 5.92 Å². The van der Waals surface area contributed by atoms with Gasteiger partial charge in [-0.25, -0.2) is 4.98 Å². The van der Waals surface area contributed by atoms with Gasteiger partial charge in [-0.3, -0.25) is 4.79 Å². The van der Waals surface area contributed by atoms with E-state index in [1.165, 1.54) is 31.3 Å². The maximum absolute atomic E-state index is 11.9. The first-order chi connectivity index (χ1) is 8.79. The second-order valence-corrected chi connectivity index (χ2v) is 5.45. The van der Waals surface area contributed by atoms with Crippen LogP contribution in [0.4, 0.5) is 0 Å². The van der Waals surface area contributed by atoms with E-state index < -0.39 is 0 Å². The summed E-state index contributed by atoms with van der Waals surface area (Å²) in [5, 5.41) is 0. The highest BCUT2D eigenvalue weighted by Gasteiger charge is 2.30. The fourth-order valence-corrected chi connectivity index (χ4v) is 3.41. The molecule has 0 amide bonds.